The molecule has 0 saturated carbocycles. The highest BCUT2D eigenvalue weighted by molar-refractivity contribution is 9.10. The number of benzene rings is 1. The molecule has 1 aromatic carbocycles. The SMILES string of the molecule is Cn1cc(COc2ccc(Br)cc2/C(N)=N/O)nn1. The Balaban J connectivity index is 2.20. The van der Waals surface area contributed by atoms with E-state index in [9.17, 15) is 0 Å². The Bertz CT molecular complexity index is 611. The number of rotatable bonds is 4. The number of nitrogens with two attached hydrogens (primary N) is 1. The van der Waals surface area contributed by atoms with Gasteiger partial charge in [0.2, 0.25) is 0 Å². The van der Waals surface area contributed by atoms with Crippen LogP contribution in [0.2, 0.25) is 0 Å². The Kier molecular flexibility index (Phi) is 4.00. The molecular formula is C11H12BrN5O2. The van der Waals surface area contributed by atoms with Gasteiger partial charge in [-0.15, -0.1) is 5.10 Å². The lowest BCUT2D eigenvalue weighted by molar-refractivity contribution is 0.298. The van der Waals surface area contributed by atoms with Crippen molar-refractivity contribution in [3.63, 3.8) is 0 Å². The molecule has 0 atom stereocenters. The van der Waals surface area contributed by atoms with E-state index in [1.165, 1.54) is 0 Å². The Morgan fingerprint density at radius 2 is 2.37 bits per heavy atom. The van der Waals surface area contributed by atoms with Gasteiger partial charge in [-0.05, 0) is 18.2 Å². The van der Waals surface area contributed by atoms with Crippen molar-refractivity contribution in [2.45, 2.75) is 6.61 Å². The third-order valence-electron chi connectivity index (χ3n) is 2.35. The second kappa shape index (κ2) is 5.70. The van der Waals surface area contributed by atoms with Gasteiger partial charge in [0.1, 0.15) is 18.1 Å². The van der Waals surface area contributed by atoms with Crippen molar-refractivity contribution in [2.75, 3.05) is 0 Å². The summed E-state index contributed by atoms with van der Waals surface area (Å²) in [5.41, 5.74) is 6.80. The molecule has 0 unspecified atom stereocenters. The van der Waals surface area contributed by atoms with Crippen molar-refractivity contribution in [3.8, 4) is 5.75 Å². The van der Waals surface area contributed by atoms with E-state index in [-0.39, 0.29) is 12.4 Å². The normalized spacial score (nSPS) is 11.6. The topological polar surface area (TPSA) is 98.5 Å². The number of aromatic nitrogens is 3. The molecule has 0 aliphatic heterocycles. The van der Waals surface area contributed by atoms with E-state index in [4.69, 9.17) is 15.7 Å². The number of hydrogen-bond acceptors (Lipinski definition) is 5. The summed E-state index contributed by atoms with van der Waals surface area (Å²) in [5.74, 6) is 0.486. The summed E-state index contributed by atoms with van der Waals surface area (Å²) in [6.45, 7) is 0.251. The smallest absolute Gasteiger partial charge is 0.173 e. The molecule has 7 nitrogen and oxygen atoms in total. The molecule has 3 N–H and O–H groups in total. The molecule has 0 saturated heterocycles. The minimum Gasteiger partial charge on any atom is -0.486 e. The van der Waals surface area contributed by atoms with Crippen molar-refractivity contribution in [1.29, 1.82) is 0 Å². The van der Waals surface area contributed by atoms with Crippen LogP contribution in [0.1, 0.15) is 11.3 Å². The van der Waals surface area contributed by atoms with Gasteiger partial charge < -0.3 is 15.7 Å². The van der Waals surface area contributed by atoms with Crippen LogP contribution in [0.15, 0.2) is 34.0 Å². The van der Waals surface area contributed by atoms with Crippen molar-refractivity contribution in [3.05, 3.63) is 40.1 Å². The summed E-state index contributed by atoms with van der Waals surface area (Å²) in [5, 5.41) is 19.5. The summed E-state index contributed by atoms with van der Waals surface area (Å²) >= 11 is 3.32. The number of hydrogen-bond donors (Lipinski definition) is 2. The van der Waals surface area contributed by atoms with Crippen LogP contribution in [-0.2, 0) is 13.7 Å². The first-order chi connectivity index (χ1) is 9.10. The van der Waals surface area contributed by atoms with Gasteiger partial charge in [-0.3, -0.25) is 4.68 Å². The van der Waals surface area contributed by atoms with Gasteiger partial charge >= 0.3 is 0 Å². The third kappa shape index (κ3) is 3.22. The monoisotopic (exact) mass is 325 g/mol. The summed E-state index contributed by atoms with van der Waals surface area (Å²) < 4.78 is 8.00. The second-order valence-electron chi connectivity index (χ2n) is 3.80. The van der Waals surface area contributed by atoms with Crippen LogP contribution < -0.4 is 10.5 Å². The Hall–Kier alpha value is -2.09. The maximum absolute atomic E-state index is 8.76. The summed E-state index contributed by atoms with van der Waals surface area (Å²) in [7, 11) is 1.78. The van der Waals surface area contributed by atoms with Crippen molar-refractivity contribution < 1.29 is 9.94 Å². The van der Waals surface area contributed by atoms with Gasteiger partial charge in [-0.2, -0.15) is 0 Å². The Morgan fingerprint density at radius 1 is 1.58 bits per heavy atom. The molecule has 1 heterocycles. The molecule has 8 heteroatoms. The second-order valence-corrected chi connectivity index (χ2v) is 4.71. The average molecular weight is 326 g/mol. The molecule has 0 amide bonds. The molecule has 0 spiro atoms. The first-order valence-electron chi connectivity index (χ1n) is 5.35. The lowest BCUT2D eigenvalue weighted by Crippen LogP contribution is -2.15. The maximum Gasteiger partial charge on any atom is 0.173 e. The molecule has 2 aromatic rings. The zero-order chi connectivity index (χ0) is 13.8. The molecule has 2 rings (SSSR count). The summed E-state index contributed by atoms with van der Waals surface area (Å²) in [6.07, 6.45) is 1.75. The fourth-order valence-electron chi connectivity index (χ4n) is 1.50. The summed E-state index contributed by atoms with van der Waals surface area (Å²) in [4.78, 5) is 0. The zero-order valence-corrected chi connectivity index (χ0v) is 11.7. The molecule has 0 fully saturated rings. The molecule has 0 bridgehead atoms. The standard InChI is InChI=1S/C11H12BrN5O2/c1-17-5-8(14-16-17)6-19-10-3-2-7(12)4-9(10)11(13)15-18/h2-5,18H,6H2,1H3,(H2,13,15). The van der Waals surface area contributed by atoms with Crippen molar-refractivity contribution in [1.82, 2.24) is 15.0 Å². The van der Waals surface area contributed by atoms with E-state index in [0.717, 1.165) is 4.47 Å². The van der Waals surface area contributed by atoms with Gasteiger partial charge in [0.15, 0.2) is 5.84 Å². The first kappa shape index (κ1) is 13.3. The summed E-state index contributed by atoms with van der Waals surface area (Å²) in [6, 6.07) is 5.25. The number of ether oxygens (including phenoxy) is 1. The van der Waals surface area contributed by atoms with Crippen LogP contribution in [0.5, 0.6) is 5.75 Å². The van der Waals surface area contributed by atoms with Crippen LogP contribution >= 0.6 is 15.9 Å². The van der Waals surface area contributed by atoms with E-state index in [1.54, 1.807) is 36.1 Å². The first-order valence-corrected chi connectivity index (χ1v) is 6.15. The minimum absolute atomic E-state index is 0.0181. The fraction of sp³-hybridized carbons (Fsp3) is 0.182. The molecule has 19 heavy (non-hydrogen) atoms. The predicted molar refractivity (Wildman–Crippen MR) is 72.0 cm³/mol. The van der Waals surface area contributed by atoms with Crippen LogP contribution in [0, 0.1) is 0 Å². The van der Waals surface area contributed by atoms with Crippen molar-refractivity contribution >= 4 is 21.8 Å². The van der Waals surface area contributed by atoms with E-state index < -0.39 is 0 Å². The van der Waals surface area contributed by atoms with Crippen LogP contribution in [0.25, 0.3) is 0 Å². The van der Waals surface area contributed by atoms with Crippen LogP contribution in [0.3, 0.4) is 0 Å². The lowest BCUT2D eigenvalue weighted by Gasteiger charge is -2.09. The predicted octanol–water partition coefficient (Wildman–Crippen LogP) is 1.25. The quantitative estimate of drug-likeness (QED) is 0.381. The number of nitrogens with zero attached hydrogens (tertiary/aromatic N) is 4. The molecule has 0 aliphatic rings. The fourth-order valence-corrected chi connectivity index (χ4v) is 1.86. The van der Waals surface area contributed by atoms with Gasteiger partial charge in [0.25, 0.3) is 0 Å². The molecule has 0 radical (unpaired) electrons. The molecule has 100 valence electrons. The van der Waals surface area contributed by atoms with E-state index in [1.807, 2.05) is 0 Å². The molecule has 0 aliphatic carbocycles. The van der Waals surface area contributed by atoms with Crippen LogP contribution in [0.4, 0.5) is 0 Å². The number of aryl methyl sites for hydroxylation is 1. The maximum atomic E-state index is 8.76. The van der Waals surface area contributed by atoms with E-state index in [2.05, 4.69) is 31.4 Å². The minimum atomic E-state index is -0.0181. The largest absolute Gasteiger partial charge is 0.486 e. The highest BCUT2D eigenvalue weighted by Gasteiger charge is 2.10. The Labute approximate surface area is 117 Å². The van der Waals surface area contributed by atoms with Crippen LogP contribution in [-0.4, -0.2) is 26.0 Å². The Morgan fingerprint density at radius 3 is 3.00 bits per heavy atom. The number of halogens is 1. The van der Waals surface area contributed by atoms with Crippen molar-refractivity contribution in [2.24, 2.45) is 17.9 Å². The van der Waals surface area contributed by atoms with E-state index >= 15 is 0 Å². The van der Waals surface area contributed by atoms with Gasteiger partial charge in [0, 0.05) is 11.5 Å². The third-order valence-corrected chi connectivity index (χ3v) is 2.84. The van der Waals surface area contributed by atoms with Gasteiger partial charge in [-0.25, -0.2) is 0 Å². The highest BCUT2D eigenvalue weighted by Crippen LogP contribution is 2.23. The lowest BCUT2D eigenvalue weighted by atomic mass is 10.2. The highest BCUT2D eigenvalue weighted by atomic mass is 79.9. The number of oxime groups is 1. The van der Waals surface area contributed by atoms with E-state index in [0.29, 0.717) is 17.0 Å². The van der Waals surface area contributed by atoms with Gasteiger partial charge in [-0.1, -0.05) is 26.3 Å². The average Bonchev–Trinajstić information content (AvgIpc) is 2.82. The number of amidine groups is 1. The molecule has 1 aromatic heterocycles. The molecular weight excluding hydrogens is 314 g/mol. The van der Waals surface area contributed by atoms with Gasteiger partial charge in [0.05, 0.1) is 11.8 Å². The zero-order valence-electron chi connectivity index (χ0n) is 10.1.